The van der Waals surface area contributed by atoms with Gasteiger partial charge in [-0.15, -0.1) is 10.2 Å². The summed E-state index contributed by atoms with van der Waals surface area (Å²) >= 11 is 7.01. The molecule has 3 aromatic rings. The van der Waals surface area contributed by atoms with Crippen LogP contribution < -0.4 is 10.1 Å². The second-order valence-electron chi connectivity index (χ2n) is 5.83. The van der Waals surface area contributed by atoms with Crippen LogP contribution in [0.4, 0.5) is 11.4 Å². The van der Waals surface area contributed by atoms with Crippen molar-refractivity contribution >= 4 is 40.6 Å². The number of rotatable bonds is 7. The first kappa shape index (κ1) is 20.6. The molecule has 0 radical (unpaired) electrons. The van der Waals surface area contributed by atoms with E-state index in [0.29, 0.717) is 16.3 Å². The van der Waals surface area contributed by atoms with Crippen molar-refractivity contribution in [1.82, 2.24) is 10.2 Å². The third kappa shape index (κ3) is 5.04. The summed E-state index contributed by atoms with van der Waals surface area (Å²) in [6, 6.07) is 9.54. The highest BCUT2D eigenvalue weighted by Gasteiger charge is 2.18. The SMILES string of the molecule is COc1ccc(Cl)cc1-c1nnc(SCC(=O)Nc2ccc(C)cc2[N+](=O)[O-])o1. The Hall–Kier alpha value is -3.11. The van der Waals surface area contributed by atoms with Crippen LogP contribution in [0.25, 0.3) is 11.5 Å². The Labute approximate surface area is 174 Å². The van der Waals surface area contributed by atoms with Crippen LogP contribution in [-0.2, 0) is 4.79 Å². The topological polar surface area (TPSA) is 120 Å². The predicted molar refractivity (Wildman–Crippen MR) is 108 cm³/mol. The molecule has 9 nitrogen and oxygen atoms in total. The maximum atomic E-state index is 12.2. The minimum absolute atomic E-state index is 0.0701. The van der Waals surface area contributed by atoms with Crippen LogP contribution in [-0.4, -0.2) is 33.9 Å². The Morgan fingerprint density at radius 1 is 1.31 bits per heavy atom. The summed E-state index contributed by atoms with van der Waals surface area (Å²) in [5.41, 5.74) is 1.20. The van der Waals surface area contributed by atoms with Crippen molar-refractivity contribution in [3.8, 4) is 17.2 Å². The molecule has 0 saturated heterocycles. The summed E-state index contributed by atoms with van der Waals surface area (Å²) in [6.45, 7) is 1.73. The summed E-state index contributed by atoms with van der Waals surface area (Å²) in [4.78, 5) is 22.8. The molecular weight excluding hydrogens is 420 g/mol. The number of nitro groups is 1. The van der Waals surface area contributed by atoms with Crippen molar-refractivity contribution in [2.24, 2.45) is 0 Å². The number of carbonyl (C=O) groups excluding carboxylic acids is 1. The van der Waals surface area contributed by atoms with E-state index in [-0.39, 0.29) is 28.2 Å². The normalized spacial score (nSPS) is 10.6. The number of anilines is 1. The third-order valence-corrected chi connectivity index (χ3v) is 4.80. The predicted octanol–water partition coefficient (Wildman–Crippen LogP) is 4.35. The van der Waals surface area contributed by atoms with Gasteiger partial charge in [0.2, 0.25) is 5.91 Å². The van der Waals surface area contributed by atoms with Gasteiger partial charge in [0.25, 0.3) is 16.8 Å². The number of benzene rings is 2. The van der Waals surface area contributed by atoms with E-state index in [1.54, 1.807) is 31.2 Å². The number of ether oxygens (including phenoxy) is 1. The molecule has 0 unspecified atom stereocenters. The van der Waals surface area contributed by atoms with E-state index in [1.165, 1.54) is 19.2 Å². The Kier molecular flexibility index (Phi) is 6.35. The number of aryl methyl sites for hydroxylation is 1. The molecule has 29 heavy (non-hydrogen) atoms. The summed E-state index contributed by atoms with van der Waals surface area (Å²) in [5, 5.41) is 22.2. The lowest BCUT2D eigenvalue weighted by Crippen LogP contribution is -2.15. The molecule has 1 heterocycles. The van der Waals surface area contributed by atoms with Crippen LogP contribution in [0, 0.1) is 17.0 Å². The number of nitrogens with one attached hydrogen (secondary N) is 1. The first-order chi connectivity index (χ1) is 13.9. The van der Waals surface area contributed by atoms with E-state index in [0.717, 1.165) is 17.3 Å². The van der Waals surface area contributed by atoms with Crippen molar-refractivity contribution in [3.63, 3.8) is 0 Å². The standard InChI is InChI=1S/C18H15ClN4O5S/c1-10-3-5-13(14(7-10)23(25)26)20-16(24)9-29-18-22-21-17(28-18)12-8-11(19)4-6-15(12)27-2/h3-8H,9H2,1-2H3,(H,20,24). The molecule has 0 fully saturated rings. The zero-order valence-corrected chi connectivity index (χ0v) is 16.9. The molecule has 0 spiro atoms. The molecule has 2 aromatic carbocycles. The fraction of sp³-hybridized carbons (Fsp3) is 0.167. The number of hydrogen-bond donors (Lipinski definition) is 1. The molecule has 3 rings (SSSR count). The second-order valence-corrected chi connectivity index (χ2v) is 7.20. The number of hydrogen-bond acceptors (Lipinski definition) is 8. The molecule has 1 N–H and O–H groups in total. The van der Waals surface area contributed by atoms with Gasteiger partial charge in [0, 0.05) is 11.1 Å². The van der Waals surface area contributed by atoms with Crippen LogP contribution in [0.5, 0.6) is 5.75 Å². The van der Waals surface area contributed by atoms with E-state index in [2.05, 4.69) is 15.5 Å². The van der Waals surface area contributed by atoms with Gasteiger partial charge in [-0.3, -0.25) is 14.9 Å². The summed E-state index contributed by atoms with van der Waals surface area (Å²) in [6.07, 6.45) is 0. The van der Waals surface area contributed by atoms with Gasteiger partial charge in [-0.25, -0.2) is 0 Å². The Morgan fingerprint density at radius 2 is 2.10 bits per heavy atom. The minimum atomic E-state index is -0.543. The minimum Gasteiger partial charge on any atom is -0.496 e. The number of aromatic nitrogens is 2. The molecule has 11 heteroatoms. The van der Waals surface area contributed by atoms with Gasteiger partial charge in [-0.1, -0.05) is 29.4 Å². The Morgan fingerprint density at radius 3 is 2.83 bits per heavy atom. The largest absolute Gasteiger partial charge is 0.496 e. The first-order valence-corrected chi connectivity index (χ1v) is 9.59. The van der Waals surface area contributed by atoms with E-state index in [4.69, 9.17) is 20.8 Å². The highest BCUT2D eigenvalue weighted by Crippen LogP contribution is 2.33. The molecule has 1 aromatic heterocycles. The van der Waals surface area contributed by atoms with Gasteiger partial charge < -0.3 is 14.5 Å². The number of amides is 1. The molecule has 0 atom stereocenters. The number of nitrogens with zero attached hydrogens (tertiary/aromatic N) is 3. The number of thioether (sulfide) groups is 1. The van der Waals surface area contributed by atoms with Gasteiger partial charge in [-0.05, 0) is 36.8 Å². The van der Waals surface area contributed by atoms with Crippen molar-refractivity contribution in [1.29, 1.82) is 0 Å². The van der Waals surface area contributed by atoms with Gasteiger partial charge in [0.1, 0.15) is 11.4 Å². The van der Waals surface area contributed by atoms with Crippen molar-refractivity contribution < 1.29 is 18.9 Å². The molecule has 0 bridgehead atoms. The van der Waals surface area contributed by atoms with Gasteiger partial charge in [0.05, 0.1) is 23.3 Å². The number of methoxy groups -OCH3 is 1. The Balaban J connectivity index is 1.67. The number of halogens is 1. The number of nitro benzene ring substituents is 1. The summed E-state index contributed by atoms with van der Waals surface area (Å²) in [7, 11) is 1.51. The molecular formula is C18H15ClN4O5S. The monoisotopic (exact) mass is 434 g/mol. The van der Waals surface area contributed by atoms with Crippen LogP contribution in [0.3, 0.4) is 0 Å². The fourth-order valence-electron chi connectivity index (χ4n) is 2.44. The molecule has 0 aliphatic carbocycles. The first-order valence-electron chi connectivity index (χ1n) is 8.22. The van der Waals surface area contributed by atoms with Gasteiger partial charge >= 0.3 is 0 Å². The maximum Gasteiger partial charge on any atom is 0.293 e. The van der Waals surface area contributed by atoms with E-state index < -0.39 is 10.8 Å². The molecule has 0 aliphatic heterocycles. The van der Waals surface area contributed by atoms with E-state index in [1.807, 2.05) is 0 Å². The number of carbonyl (C=O) groups is 1. The van der Waals surface area contributed by atoms with Gasteiger partial charge in [-0.2, -0.15) is 0 Å². The smallest absolute Gasteiger partial charge is 0.293 e. The van der Waals surface area contributed by atoms with E-state index in [9.17, 15) is 14.9 Å². The molecule has 0 saturated carbocycles. The zero-order valence-electron chi connectivity index (χ0n) is 15.3. The lowest BCUT2D eigenvalue weighted by atomic mass is 10.2. The van der Waals surface area contributed by atoms with Crippen molar-refractivity contribution in [3.05, 3.63) is 57.1 Å². The molecule has 1 amide bonds. The average molecular weight is 435 g/mol. The van der Waals surface area contributed by atoms with E-state index >= 15 is 0 Å². The molecule has 0 aliphatic rings. The fourth-order valence-corrected chi connectivity index (χ4v) is 3.17. The van der Waals surface area contributed by atoms with Crippen molar-refractivity contribution in [2.45, 2.75) is 12.1 Å². The zero-order chi connectivity index (χ0) is 21.0. The highest BCUT2D eigenvalue weighted by atomic mass is 35.5. The lowest BCUT2D eigenvalue weighted by Gasteiger charge is -2.06. The van der Waals surface area contributed by atoms with Crippen LogP contribution in [0.2, 0.25) is 5.02 Å². The quantitative estimate of drug-likeness (QED) is 0.331. The maximum absolute atomic E-state index is 12.2. The Bertz CT molecular complexity index is 1070. The second kappa shape index (κ2) is 8.93. The highest BCUT2D eigenvalue weighted by molar-refractivity contribution is 7.99. The average Bonchev–Trinajstić information content (AvgIpc) is 3.16. The summed E-state index contributed by atoms with van der Waals surface area (Å²) in [5.74, 6) is 0.196. The lowest BCUT2D eigenvalue weighted by molar-refractivity contribution is -0.384. The van der Waals surface area contributed by atoms with Crippen molar-refractivity contribution in [2.75, 3.05) is 18.2 Å². The van der Waals surface area contributed by atoms with Crippen LogP contribution in [0.15, 0.2) is 46.0 Å². The summed E-state index contributed by atoms with van der Waals surface area (Å²) < 4.78 is 10.8. The third-order valence-electron chi connectivity index (χ3n) is 3.75. The van der Waals surface area contributed by atoms with Gasteiger partial charge in [0.15, 0.2) is 0 Å². The van der Waals surface area contributed by atoms with Crippen LogP contribution in [0.1, 0.15) is 5.56 Å². The molecule has 150 valence electrons. The van der Waals surface area contributed by atoms with Crippen LogP contribution >= 0.6 is 23.4 Å².